The number of hydrogen-bond acceptors (Lipinski definition) is 6. The normalized spacial score (nSPS) is 11.7. The molecule has 0 aliphatic rings. The van der Waals surface area contributed by atoms with Crippen molar-refractivity contribution in [2.45, 2.75) is 0 Å². The first-order valence-corrected chi connectivity index (χ1v) is 6.46. The van der Waals surface area contributed by atoms with Gasteiger partial charge in [-0.1, -0.05) is 0 Å². The second-order valence-electron chi connectivity index (χ2n) is 2.02. The molecule has 0 aromatic heterocycles. The fourth-order valence-electron chi connectivity index (χ4n) is 0.231. The zero-order valence-electron chi connectivity index (χ0n) is 7.07. The maximum absolute atomic E-state index is 9.63. The van der Waals surface area contributed by atoms with E-state index in [9.17, 15) is 16.8 Å². The van der Waals surface area contributed by atoms with E-state index in [2.05, 4.69) is 0 Å². The van der Waals surface area contributed by atoms with Crippen LogP contribution >= 0.6 is 0 Å². The second kappa shape index (κ2) is 7.09. The van der Waals surface area contributed by atoms with Crippen molar-refractivity contribution in [1.82, 2.24) is 0 Å². The highest BCUT2D eigenvalue weighted by atomic mass is 32.2. The minimum atomic E-state index is -3.92. The van der Waals surface area contributed by atoms with Gasteiger partial charge in [0.05, 0.1) is 24.7 Å². The number of hydrogen-bond donors (Lipinski definition) is 4. The van der Waals surface area contributed by atoms with Crippen molar-refractivity contribution in [3.8, 4) is 0 Å². The highest BCUT2D eigenvalue weighted by Crippen LogP contribution is 1.76. The van der Waals surface area contributed by atoms with E-state index < -0.39 is 45.0 Å². The zero-order chi connectivity index (χ0) is 11.8. The maximum Gasteiger partial charge on any atom is 0.267 e. The third-order valence-electron chi connectivity index (χ3n) is 0.698. The summed E-state index contributed by atoms with van der Waals surface area (Å²) in [5.41, 5.74) is 0. The molecule has 0 heterocycles. The van der Waals surface area contributed by atoms with E-state index in [0.717, 1.165) is 0 Å². The predicted octanol–water partition coefficient (Wildman–Crippen LogP) is -2.27. The van der Waals surface area contributed by atoms with Gasteiger partial charge in [-0.2, -0.15) is 16.8 Å². The van der Waals surface area contributed by atoms with E-state index in [1.54, 1.807) is 0 Å². The van der Waals surface area contributed by atoms with Crippen molar-refractivity contribution >= 4 is 20.2 Å². The van der Waals surface area contributed by atoms with Crippen LogP contribution in [0, 0.1) is 0 Å². The van der Waals surface area contributed by atoms with Crippen molar-refractivity contribution in [3.05, 3.63) is 0 Å². The summed E-state index contributed by atoms with van der Waals surface area (Å²) in [5, 5.41) is 15.7. The van der Waals surface area contributed by atoms with Crippen LogP contribution in [0.5, 0.6) is 0 Å². The van der Waals surface area contributed by atoms with Crippen LogP contribution in [0.15, 0.2) is 0 Å². The number of aliphatic hydroxyl groups is 2. The zero-order valence-corrected chi connectivity index (χ0v) is 8.70. The molecule has 0 saturated carbocycles. The van der Waals surface area contributed by atoms with Crippen molar-refractivity contribution in [3.63, 3.8) is 0 Å². The Morgan fingerprint density at radius 3 is 0.929 bits per heavy atom. The first kappa shape index (κ1) is 16.2. The largest absolute Gasteiger partial charge is 0.395 e. The average Bonchev–Trinajstić information content (AvgIpc) is 1.81. The molecule has 10 heteroatoms. The SMILES string of the molecule is O=S(=O)(O)CCO.O=S(=O)(O)CCO. The van der Waals surface area contributed by atoms with Gasteiger partial charge in [-0.3, -0.25) is 9.11 Å². The Balaban J connectivity index is 0. The first-order chi connectivity index (χ1) is 6.12. The van der Waals surface area contributed by atoms with Gasteiger partial charge in [0, 0.05) is 0 Å². The van der Waals surface area contributed by atoms with Gasteiger partial charge in [0.2, 0.25) is 0 Å². The lowest BCUT2D eigenvalue weighted by molar-refractivity contribution is 0.314. The van der Waals surface area contributed by atoms with Crippen molar-refractivity contribution in [2.24, 2.45) is 0 Å². The van der Waals surface area contributed by atoms with Gasteiger partial charge in [0.15, 0.2) is 0 Å². The Labute approximate surface area is 81.7 Å². The Morgan fingerprint density at radius 2 is 0.929 bits per heavy atom. The Bertz CT molecular complexity index is 279. The van der Waals surface area contributed by atoms with Crippen molar-refractivity contribution in [2.75, 3.05) is 24.7 Å². The standard InChI is InChI=1S/2C2H6O4S/c2*3-1-2-7(4,5)6/h2*3H,1-2H2,(H,4,5,6). The van der Waals surface area contributed by atoms with Crippen LogP contribution in [0.4, 0.5) is 0 Å². The van der Waals surface area contributed by atoms with Gasteiger partial charge in [0.1, 0.15) is 0 Å². The molecule has 0 aliphatic carbocycles. The van der Waals surface area contributed by atoms with Gasteiger partial charge in [-0.15, -0.1) is 0 Å². The van der Waals surface area contributed by atoms with Crippen molar-refractivity contribution in [1.29, 1.82) is 0 Å². The summed E-state index contributed by atoms with van der Waals surface area (Å²) < 4.78 is 54.2. The summed E-state index contributed by atoms with van der Waals surface area (Å²) in [6.45, 7) is -1.06. The summed E-state index contributed by atoms with van der Waals surface area (Å²) in [5.74, 6) is -1.15. The molecule has 0 radical (unpaired) electrons. The lowest BCUT2D eigenvalue weighted by Crippen LogP contribution is -2.06. The minimum Gasteiger partial charge on any atom is -0.395 e. The molecule has 0 rings (SSSR count). The molecule has 4 N–H and O–H groups in total. The highest BCUT2D eigenvalue weighted by molar-refractivity contribution is 7.86. The molecule has 0 fully saturated rings. The minimum absolute atomic E-state index is 0.529. The molecule has 8 nitrogen and oxygen atoms in total. The van der Waals surface area contributed by atoms with Gasteiger partial charge >= 0.3 is 0 Å². The van der Waals surface area contributed by atoms with E-state index in [1.807, 2.05) is 0 Å². The molecule has 0 aromatic rings. The van der Waals surface area contributed by atoms with Gasteiger partial charge in [-0.05, 0) is 0 Å². The predicted molar refractivity (Wildman–Crippen MR) is 47.0 cm³/mol. The maximum atomic E-state index is 9.63. The molecule has 0 aliphatic heterocycles. The highest BCUT2D eigenvalue weighted by Gasteiger charge is 1.99. The molecule has 0 atom stereocenters. The summed E-state index contributed by atoms with van der Waals surface area (Å²) in [7, 11) is -7.85. The van der Waals surface area contributed by atoms with Crippen LogP contribution in [0.25, 0.3) is 0 Å². The monoisotopic (exact) mass is 252 g/mol. The number of rotatable bonds is 4. The van der Waals surface area contributed by atoms with Crippen LogP contribution in [-0.2, 0) is 20.2 Å². The van der Waals surface area contributed by atoms with Crippen LogP contribution in [-0.4, -0.2) is 60.9 Å². The molecule has 88 valence electrons. The molecular weight excluding hydrogens is 240 g/mol. The van der Waals surface area contributed by atoms with E-state index in [-0.39, 0.29) is 0 Å². The molecule has 0 amide bonds. The van der Waals surface area contributed by atoms with Gasteiger partial charge < -0.3 is 10.2 Å². The molecule has 0 unspecified atom stereocenters. The lowest BCUT2D eigenvalue weighted by atomic mass is 10.9. The van der Waals surface area contributed by atoms with Gasteiger partial charge in [-0.25, -0.2) is 0 Å². The van der Waals surface area contributed by atoms with Crippen molar-refractivity contribution < 1.29 is 36.2 Å². The topological polar surface area (TPSA) is 149 Å². The molecular formula is C4H12O8S2. The summed E-state index contributed by atoms with van der Waals surface area (Å²) in [4.78, 5) is 0. The van der Waals surface area contributed by atoms with Crippen LogP contribution in [0.3, 0.4) is 0 Å². The third kappa shape index (κ3) is 22.6. The Hall–Kier alpha value is -0.260. The quantitative estimate of drug-likeness (QED) is 0.409. The van der Waals surface area contributed by atoms with Crippen LogP contribution in [0.1, 0.15) is 0 Å². The number of aliphatic hydroxyl groups excluding tert-OH is 2. The third-order valence-corrected chi connectivity index (χ3v) is 2.10. The molecule has 14 heavy (non-hydrogen) atoms. The first-order valence-electron chi connectivity index (χ1n) is 3.24. The summed E-state index contributed by atoms with van der Waals surface area (Å²) >= 11 is 0. The summed E-state index contributed by atoms with van der Waals surface area (Å²) in [6.07, 6.45) is 0. The van der Waals surface area contributed by atoms with E-state index in [1.165, 1.54) is 0 Å². The Morgan fingerprint density at radius 1 is 0.714 bits per heavy atom. The lowest BCUT2D eigenvalue weighted by Gasteiger charge is -1.85. The second-order valence-corrected chi connectivity index (χ2v) is 5.16. The van der Waals surface area contributed by atoms with Crippen LogP contribution in [0.2, 0.25) is 0 Å². The molecule has 0 spiro atoms. The Kier molecular flexibility index (Phi) is 8.19. The fraction of sp³-hybridized carbons (Fsp3) is 1.00. The fourth-order valence-corrected chi connectivity index (χ4v) is 0.692. The summed E-state index contributed by atoms with van der Waals surface area (Å²) in [6, 6.07) is 0. The molecule has 0 saturated heterocycles. The molecule has 0 aromatic carbocycles. The van der Waals surface area contributed by atoms with E-state index >= 15 is 0 Å². The van der Waals surface area contributed by atoms with E-state index in [4.69, 9.17) is 19.3 Å². The smallest absolute Gasteiger partial charge is 0.267 e. The van der Waals surface area contributed by atoms with Gasteiger partial charge in [0.25, 0.3) is 20.2 Å². The van der Waals surface area contributed by atoms with E-state index in [0.29, 0.717) is 0 Å². The van der Waals surface area contributed by atoms with Crippen LogP contribution < -0.4 is 0 Å². The average molecular weight is 252 g/mol. The molecule has 0 bridgehead atoms.